The molecular formula is C16H18N2O3. The lowest BCUT2D eigenvalue weighted by molar-refractivity contribution is -0.120. The van der Waals surface area contributed by atoms with E-state index < -0.39 is 0 Å². The van der Waals surface area contributed by atoms with E-state index in [2.05, 4.69) is 5.43 Å². The van der Waals surface area contributed by atoms with Crippen LogP contribution in [0.25, 0.3) is 0 Å². The maximum Gasteiger partial charge on any atom is 0.238 e. The second kappa shape index (κ2) is 7.31. The molecule has 0 aromatic heterocycles. The van der Waals surface area contributed by atoms with Crippen molar-refractivity contribution in [3.8, 4) is 11.5 Å². The van der Waals surface area contributed by atoms with Crippen LogP contribution < -0.4 is 20.7 Å². The summed E-state index contributed by atoms with van der Waals surface area (Å²) in [7, 11) is 1.60. The average molecular weight is 286 g/mol. The van der Waals surface area contributed by atoms with Crippen LogP contribution in [0, 0.1) is 0 Å². The normalized spacial score (nSPS) is 10.0. The Morgan fingerprint density at radius 3 is 2.33 bits per heavy atom. The summed E-state index contributed by atoms with van der Waals surface area (Å²) in [5, 5.41) is 0. The predicted molar refractivity (Wildman–Crippen MR) is 79.8 cm³/mol. The molecule has 1 amide bonds. The zero-order chi connectivity index (χ0) is 15.1. The molecule has 0 fully saturated rings. The van der Waals surface area contributed by atoms with Crippen LogP contribution in [0.4, 0.5) is 0 Å². The number of carbonyl (C=O) groups excluding carboxylic acids is 1. The van der Waals surface area contributed by atoms with Crippen molar-refractivity contribution in [1.82, 2.24) is 5.43 Å². The smallest absolute Gasteiger partial charge is 0.238 e. The highest BCUT2D eigenvalue weighted by molar-refractivity contribution is 5.78. The van der Waals surface area contributed by atoms with Crippen molar-refractivity contribution in [3.05, 3.63) is 59.7 Å². The molecule has 0 aliphatic rings. The predicted octanol–water partition coefficient (Wildman–Crippen LogP) is 1.81. The van der Waals surface area contributed by atoms with Gasteiger partial charge in [-0.3, -0.25) is 10.2 Å². The molecular weight excluding hydrogens is 268 g/mol. The molecule has 2 aromatic carbocycles. The van der Waals surface area contributed by atoms with Crippen LogP contribution >= 0.6 is 0 Å². The molecule has 3 N–H and O–H groups in total. The minimum absolute atomic E-state index is 0.224. The van der Waals surface area contributed by atoms with E-state index in [9.17, 15) is 4.79 Å². The summed E-state index contributed by atoms with van der Waals surface area (Å²) in [6, 6.07) is 15.0. The molecule has 0 aliphatic heterocycles. The number of amides is 1. The van der Waals surface area contributed by atoms with E-state index in [-0.39, 0.29) is 12.3 Å². The van der Waals surface area contributed by atoms with E-state index in [1.54, 1.807) is 7.11 Å². The first-order valence-corrected chi connectivity index (χ1v) is 6.56. The Bertz CT molecular complexity index is 614. The summed E-state index contributed by atoms with van der Waals surface area (Å²) < 4.78 is 11.0. The Morgan fingerprint density at radius 2 is 1.67 bits per heavy atom. The largest absolute Gasteiger partial charge is 0.493 e. The van der Waals surface area contributed by atoms with Crippen molar-refractivity contribution in [1.29, 1.82) is 0 Å². The Hall–Kier alpha value is -2.53. The molecule has 5 heteroatoms. The standard InChI is InChI=1S/C16H18N2O3/c1-20-14-8-4-5-9-15(14)21-11-13-7-3-2-6-12(13)10-16(19)18-17/h2-9H,10-11,17H2,1H3,(H,18,19). The minimum Gasteiger partial charge on any atom is -0.493 e. The van der Waals surface area contributed by atoms with Crippen LogP contribution in [0.15, 0.2) is 48.5 Å². The van der Waals surface area contributed by atoms with Crippen LogP contribution in [-0.2, 0) is 17.8 Å². The van der Waals surface area contributed by atoms with Crippen LogP contribution in [0.5, 0.6) is 11.5 Å². The first-order chi connectivity index (χ1) is 10.2. The summed E-state index contributed by atoms with van der Waals surface area (Å²) in [4.78, 5) is 11.4. The van der Waals surface area contributed by atoms with Gasteiger partial charge in [0.05, 0.1) is 13.5 Å². The van der Waals surface area contributed by atoms with Gasteiger partial charge in [0.2, 0.25) is 5.91 Å². The zero-order valence-corrected chi connectivity index (χ0v) is 11.8. The van der Waals surface area contributed by atoms with E-state index in [4.69, 9.17) is 15.3 Å². The Morgan fingerprint density at radius 1 is 1.05 bits per heavy atom. The molecule has 0 heterocycles. The summed E-state index contributed by atoms with van der Waals surface area (Å²) in [6.07, 6.45) is 0.224. The average Bonchev–Trinajstić information content (AvgIpc) is 2.54. The van der Waals surface area contributed by atoms with E-state index >= 15 is 0 Å². The number of benzene rings is 2. The monoisotopic (exact) mass is 286 g/mol. The summed E-state index contributed by atoms with van der Waals surface area (Å²) >= 11 is 0. The number of rotatable bonds is 6. The highest BCUT2D eigenvalue weighted by Crippen LogP contribution is 2.27. The van der Waals surface area contributed by atoms with E-state index in [0.29, 0.717) is 18.1 Å². The van der Waals surface area contributed by atoms with Gasteiger partial charge in [0, 0.05) is 0 Å². The number of hydrogen-bond acceptors (Lipinski definition) is 4. The number of ether oxygens (including phenoxy) is 2. The van der Waals surface area contributed by atoms with Crippen molar-refractivity contribution < 1.29 is 14.3 Å². The van der Waals surface area contributed by atoms with Gasteiger partial charge in [-0.2, -0.15) is 0 Å². The molecule has 5 nitrogen and oxygen atoms in total. The van der Waals surface area contributed by atoms with Crippen molar-refractivity contribution in [2.45, 2.75) is 13.0 Å². The zero-order valence-electron chi connectivity index (χ0n) is 11.8. The fraction of sp³-hybridized carbons (Fsp3) is 0.188. The third kappa shape index (κ3) is 3.97. The molecule has 0 saturated carbocycles. The third-order valence-corrected chi connectivity index (χ3v) is 3.08. The molecule has 0 unspecified atom stereocenters. The topological polar surface area (TPSA) is 73.6 Å². The second-order valence-electron chi connectivity index (χ2n) is 4.45. The van der Waals surface area contributed by atoms with Gasteiger partial charge in [0.25, 0.3) is 0 Å². The molecule has 21 heavy (non-hydrogen) atoms. The van der Waals surface area contributed by atoms with Gasteiger partial charge >= 0.3 is 0 Å². The number of para-hydroxylation sites is 2. The fourth-order valence-corrected chi connectivity index (χ4v) is 1.99. The molecule has 0 aliphatic carbocycles. The molecule has 110 valence electrons. The van der Waals surface area contributed by atoms with E-state index in [0.717, 1.165) is 11.1 Å². The van der Waals surface area contributed by atoms with Crippen molar-refractivity contribution in [2.24, 2.45) is 5.84 Å². The first kappa shape index (κ1) is 14.9. The Labute approximate surface area is 123 Å². The number of carbonyl (C=O) groups is 1. The third-order valence-electron chi connectivity index (χ3n) is 3.08. The number of nitrogens with two attached hydrogens (primary N) is 1. The minimum atomic E-state index is -0.236. The van der Waals surface area contributed by atoms with Crippen LogP contribution in [0.1, 0.15) is 11.1 Å². The van der Waals surface area contributed by atoms with Crippen molar-refractivity contribution in [3.63, 3.8) is 0 Å². The number of methoxy groups -OCH3 is 1. The maximum atomic E-state index is 11.4. The summed E-state index contributed by atoms with van der Waals surface area (Å²) in [5.41, 5.74) is 3.95. The quantitative estimate of drug-likeness (QED) is 0.482. The van der Waals surface area contributed by atoms with E-state index in [1.807, 2.05) is 48.5 Å². The maximum absolute atomic E-state index is 11.4. The van der Waals surface area contributed by atoms with Crippen LogP contribution in [-0.4, -0.2) is 13.0 Å². The molecule has 0 bridgehead atoms. The van der Waals surface area contributed by atoms with Gasteiger partial charge in [-0.25, -0.2) is 5.84 Å². The summed E-state index contributed by atoms with van der Waals surface area (Å²) in [5.74, 6) is 6.23. The van der Waals surface area contributed by atoms with Gasteiger partial charge in [0.15, 0.2) is 11.5 Å². The Balaban J connectivity index is 2.11. The van der Waals surface area contributed by atoms with Crippen molar-refractivity contribution in [2.75, 3.05) is 7.11 Å². The molecule has 2 aromatic rings. The molecule has 2 rings (SSSR count). The van der Waals surface area contributed by atoms with Gasteiger partial charge in [-0.1, -0.05) is 36.4 Å². The van der Waals surface area contributed by atoms with Gasteiger partial charge < -0.3 is 9.47 Å². The van der Waals surface area contributed by atoms with Crippen LogP contribution in [0.2, 0.25) is 0 Å². The van der Waals surface area contributed by atoms with E-state index in [1.165, 1.54) is 0 Å². The van der Waals surface area contributed by atoms with Gasteiger partial charge in [0.1, 0.15) is 6.61 Å². The molecule has 0 saturated heterocycles. The second-order valence-corrected chi connectivity index (χ2v) is 4.45. The lowest BCUT2D eigenvalue weighted by Crippen LogP contribution is -2.31. The highest BCUT2D eigenvalue weighted by Gasteiger charge is 2.08. The van der Waals surface area contributed by atoms with Gasteiger partial charge in [-0.15, -0.1) is 0 Å². The number of hydrogen-bond donors (Lipinski definition) is 2. The highest BCUT2D eigenvalue weighted by atomic mass is 16.5. The first-order valence-electron chi connectivity index (χ1n) is 6.56. The molecule has 0 atom stereocenters. The van der Waals surface area contributed by atoms with Crippen LogP contribution in [0.3, 0.4) is 0 Å². The number of nitrogens with one attached hydrogen (secondary N) is 1. The van der Waals surface area contributed by atoms with Crippen molar-refractivity contribution >= 4 is 5.91 Å². The fourth-order valence-electron chi connectivity index (χ4n) is 1.99. The summed E-state index contributed by atoms with van der Waals surface area (Å²) in [6.45, 7) is 0.356. The number of hydrazine groups is 1. The molecule has 0 spiro atoms. The SMILES string of the molecule is COc1ccccc1OCc1ccccc1CC(=O)NN. The lowest BCUT2D eigenvalue weighted by Gasteiger charge is -2.12. The van der Waals surface area contributed by atoms with Gasteiger partial charge in [-0.05, 0) is 23.3 Å². The molecule has 0 radical (unpaired) electrons. The lowest BCUT2D eigenvalue weighted by atomic mass is 10.1. The Kier molecular flexibility index (Phi) is 5.17.